The molecule has 5 heteroatoms. The van der Waals surface area contributed by atoms with Gasteiger partial charge < -0.3 is 10.1 Å². The molecule has 4 nitrogen and oxygen atoms in total. The van der Waals surface area contributed by atoms with E-state index in [-0.39, 0.29) is 5.91 Å². The van der Waals surface area contributed by atoms with Gasteiger partial charge in [0, 0.05) is 11.6 Å². The molecule has 0 heterocycles. The third kappa shape index (κ3) is 5.23. The number of hydrogen-bond acceptors (Lipinski definition) is 3. The number of ether oxygens (including phenoxy) is 1. The van der Waals surface area contributed by atoms with Crippen LogP contribution in [0.25, 0.3) is 0 Å². The zero-order chi connectivity index (χ0) is 15.1. The summed E-state index contributed by atoms with van der Waals surface area (Å²) in [5.74, 6) is 0.486. The van der Waals surface area contributed by atoms with E-state index >= 15 is 0 Å². The second kappa shape index (κ2) is 7.92. The Morgan fingerprint density at radius 2 is 2.15 bits per heavy atom. The van der Waals surface area contributed by atoms with Gasteiger partial charge in [-0.1, -0.05) is 30.7 Å². The largest absolute Gasteiger partial charge is 0.495 e. The van der Waals surface area contributed by atoms with E-state index in [4.69, 9.17) is 16.3 Å². The summed E-state index contributed by atoms with van der Waals surface area (Å²) in [5, 5.41) is 3.37. The lowest BCUT2D eigenvalue weighted by atomic mass is 10.2. The molecule has 1 aromatic carbocycles. The number of halogens is 1. The van der Waals surface area contributed by atoms with Crippen LogP contribution in [-0.2, 0) is 4.79 Å². The fourth-order valence-corrected chi connectivity index (χ4v) is 2.00. The normalized spacial score (nSPS) is 10.4. The smallest absolute Gasteiger partial charge is 0.238 e. The minimum Gasteiger partial charge on any atom is -0.495 e. The molecule has 0 spiro atoms. The summed E-state index contributed by atoms with van der Waals surface area (Å²) >= 11 is 5.93. The molecule has 0 unspecified atom stereocenters. The molecule has 1 rings (SSSR count). The molecule has 110 valence electrons. The number of hydrogen-bond donors (Lipinski definition) is 1. The van der Waals surface area contributed by atoms with Crippen LogP contribution < -0.4 is 10.1 Å². The zero-order valence-corrected chi connectivity index (χ0v) is 13.0. The molecule has 0 saturated heterocycles. The molecule has 0 aliphatic heterocycles. The lowest BCUT2D eigenvalue weighted by molar-refractivity contribution is -0.117. The maximum atomic E-state index is 12.1. The maximum Gasteiger partial charge on any atom is 0.238 e. The first kappa shape index (κ1) is 16.5. The third-order valence-electron chi connectivity index (χ3n) is 2.74. The van der Waals surface area contributed by atoms with Crippen molar-refractivity contribution in [3.63, 3.8) is 0 Å². The summed E-state index contributed by atoms with van der Waals surface area (Å²) in [6.45, 7) is 9.61. The molecule has 0 radical (unpaired) electrons. The molecule has 0 aliphatic carbocycles. The molecule has 1 aromatic rings. The lowest BCUT2D eigenvalue weighted by Crippen LogP contribution is -2.34. The standard InChI is InChI=1S/C15H21ClN2O2/c1-5-18(9-11(2)3)10-15(19)17-13-8-12(16)6-7-14(13)20-4/h6-8H,2,5,9-10H2,1,3-4H3,(H,17,19). The maximum absolute atomic E-state index is 12.1. The van der Waals surface area contributed by atoms with Crippen molar-refractivity contribution in [1.82, 2.24) is 4.90 Å². The monoisotopic (exact) mass is 296 g/mol. The highest BCUT2D eigenvalue weighted by Gasteiger charge is 2.12. The van der Waals surface area contributed by atoms with Gasteiger partial charge in [-0.2, -0.15) is 0 Å². The molecular weight excluding hydrogens is 276 g/mol. The topological polar surface area (TPSA) is 41.6 Å². The van der Waals surface area contributed by atoms with E-state index in [1.54, 1.807) is 25.3 Å². The van der Waals surface area contributed by atoms with E-state index in [9.17, 15) is 4.79 Å². The van der Waals surface area contributed by atoms with Crippen LogP contribution >= 0.6 is 11.6 Å². The Morgan fingerprint density at radius 3 is 2.70 bits per heavy atom. The summed E-state index contributed by atoms with van der Waals surface area (Å²) in [6.07, 6.45) is 0. The number of benzene rings is 1. The van der Waals surface area contributed by atoms with E-state index in [2.05, 4.69) is 11.9 Å². The molecular formula is C15H21ClN2O2. The quantitative estimate of drug-likeness (QED) is 0.786. The number of likely N-dealkylation sites (N-methyl/N-ethyl adjacent to an activating group) is 1. The van der Waals surface area contributed by atoms with Gasteiger partial charge in [0.2, 0.25) is 5.91 Å². The fraction of sp³-hybridized carbons (Fsp3) is 0.400. The van der Waals surface area contributed by atoms with Gasteiger partial charge in [0.15, 0.2) is 0 Å². The van der Waals surface area contributed by atoms with Gasteiger partial charge in [-0.05, 0) is 31.7 Å². The number of anilines is 1. The van der Waals surface area contributed by atoms with E-state index in [1.165, 1.54) is 0 Å². The number of amides is 1. The van der Waals surface area contributed by atoms with Crippen LogP contribution in [0.4, 0.5) is 5.69 Å². The van der Waals surface area contributed by atoms with Gasteiger partial charge in [-0.3, -0.25) is 9.69 Å². The Bertz CT molecular complexity index is 489. The Morgan fingerprint density at radius 1 is 1.45 bits per heavy atom. The summed E-state index contributed by atoms with van der Waals surface area (Å²) in [5.41, 5.74) is 1.61. The Kier molecular flexibility index (Phi) is 6.55. The van der Waals surface area contributed by atoms with Crippen LogP contribution in [0.2, 0.25) is 5.02 Å². The molecule has 0 aromatic heterocycles. The van der Waals surface area contributed by atoms with Crippen LogP contribution in [-0.4, -0.2) is 37.6 Å². The van der Waals surface area contributed by atoms with Gasteiger partial charge in [0.1, 0.15) is 5.75 Å². The highest BCUT2D eigenvalue weighted by Crippen LogP contribution is 2.27. The summed E-state index contributed by atoms with van der Waals surface area (Å²) in [7, 11) is 1.55. The van der Waals surface area contributed by atoms with Crippen LogP contribution in [0.3, 0.4) is 0 Å². The minimum absolute atomic E-state index is 0.103. The molecule has 0 aliphatic rings. The average Bonchev–Trinajstić information content (AvgIpc) is 2.37. The van der Waals surface area contributed by atoms with Crippen LogP contribution in [0, 0.1) is 0 Å². The average molecular weight is 297 g/mol. The predicted molar refractivity (Wildman–Crippen MR) is 83.6 cm³/mol. The summed E-state index contributed by atoms with van der Waals surface area (Å²) in [6, 6.07) is 5.12. The van der Waals surface area contributed by atoms with E-state index < -0.39 is 0 Å². The molecule has 20 heavy (non-hydrogen) atoms. The number of carbonyl (C=O) groups is 1. The van der Waals surface area contributed by atoms with E-state index in [1.807, 2.05) is 18.7 Å². The highest BCUT2D eigenvalue weighted by molar-refractivity contribution is 6.31. The van der Waals surface area contributed by atoms with Gasteiger partial charge in [-0.15, -0.1) is 0 Å². The Balaban J connectivity index is 2.70. The number of nitrogens with one attached hydrogen (secondary N) is 1. The van der Waals surface area contributed by atoms with Crippen LogP contribution in [0.5, 0.6) is 5.75 Å². The van der Waals surface area contributed by atoms with Crippen molar-refractivity contribution in [3.05, 3.63) is 35.4 Å². The third-order valence-corrected chi connectivity index (χ3v) is 2.98. The summed E-state index contributed by atoms with van der Waals surface area (Å²) < 4.78 is 5.20. The number of nitrogens with zero attached hydrogens (tertiary/aromatic N) is 1. The van der Waals surface area contributed by atoms with Crippen molar-refractivity contribution in [3.8, 4) is 5.75 Å². The Labute approximate surface area is 125 Å². The molecule has 1 N–H and O–H groups in total. The fourth-order valence-electron chi connectivity index (χ4n) is 1.83. The van der Waals surface area contributed by atoms with Gasteiger partial charge in [0.05, 0.1) is 19.3 Å². The second-order valence-corrected chi connectivity index (χ2v) is 5.09. The number of carbonyl (C=O) groups excluding carboxylic acids is 1. The van der Waals surface area contributed by atoms with E-state index in [0.717, 1.165) is 12.1 Å². The number of methoxy groups -OCH3 is 1. The first-order valence-corrected chi connectivity index (χ1v) is 6.84. The number of rotatable bonds is 7. The van der Waals surface area contributed by atoms with Crippen molar-refractivity contribution in [2.45, 2.75) is 13.8 Å². The van der Waals surface area contributed by atoms with Crippen LogP contribution in [0.1, 0.15) is 13.8 Å². The van der Waals surface area contributed by atoms with Crippen molar-refractivity contribution < 1.29 is 9.53 Å². The molecule has 0 atom stereocenters. The van der Waals surface area contributed by atoms with E-state index in [0.29, 0.717) is 29.5 Å². The molecule has 1 amide bonds. The van der Waals surface area contributed by atoms with Gasteiger partial charge in [0.25, 0.3) is 0 Å². The molecule has 0 saturated carbocycles. The lowest BCUT2D eigenvalue weighted by Gasteiger charge is -2.20. The van der Waals surface area contributed by atoms with Crippen LogP contribution in [0.15, 0.2) is 30.4 Å². The minimum atomic E-state index is -0.103. The highest BCUT2D eigenvalue weighted by atomic mass is 35.5. The second-order valence-electron chi connectivity index (χ2n) is 4.65. The molecule has 0 bridgehead atoms. The van der Waals surface area contributed by atoms with Gasteiger partial charge >= 0.3 is 0 Å². The SMILES string of the molecule is C=C(C)CN(CC)CC(=O)Nc1cc(Cl)ccc1OC. The Hall–Kier alpha value is -1.52. The first-order valence-electron chi connectivity index (χ1n) is 6.46. The van der Waals surface area contributed by atoms with Crippen molar-refractivity contribution >= 4 is 23.2 Å². The van der Waals surface area contributed by atoms with Crippen molar-refractivity contribution in [2.24, 2.45) is 0 Å². The van der Waals surface area contributed by atoms with Gasteiger partial charge in [-0.25, -0.2) is 0 Å². The zero-order valence-electron chi connectivity index (χ0n) is 12.2. The predicted octanol–water partition coefficient (Wildman–Crippen LogP) is 3.19. The summed E-state index contributed by atoms with van der Waals surface area (Å²) in [4.78, 5) is 14.1. The molecule has 0 fully saturated rings. The first-order chi connectivity index (χ1) is 9.46. The van der Waals surface area contributed by atoms with Crippen molar-refractivity contribution in [2.75, 3.05) is 32.1 Å². The van der Waals surface area contributed by atoms with Crippen molar-refractivity contribution in [1.29, 1.82) is 0 Å².